The molecule has 0 unspecified atom stereocenters. The maximum absolute atomic E-state index is 8.44. The van der Waals surface area contributed by atoms with Crippen LogP contribution in [0.4, 0.5) is 4.79 Å². The van der Waals surface area contributed by atoms with Gasteiger partial charge in [-0.2, -0.15) is 0 Å². The lowest BCUT2D eigenvalue weighted by atomic mass is 9.89. The van der Waals surface area contributed by atoms with Crippen LogP contribution in [0.3, 0.4) is 0 Å². The Morgan fingerprint density at radius 2 is 0.829 bits per heavy atom. The first-order chi connectivity index (χ1) is 19.1. The van der Waals surface area contributed by atoms with E-state index in [4.69, 9.17) is 15.0 Å². The molecular formula is C37H52O3S. The summed E-state index contributed by atoms with van der Waals surface area (Å²) in [4.78, 5) is 13.0. The second kappa shape index (κ2) is 15.0. The third kappa shape index (κ3) is 8.64. The molecule has 0 saturated heterocycles. The molecule has 0 saturated carbocycles. The lowest BCUT2D eigenvalue weighted by Gasteiger charge is -2.26. The number of hydrogen-bond acceptors (Lipinski definition) is 2. The minimum Gasteiger partial charge on any atom is -0.565 e. The molecular weight excluding hydrogens is 524 g/mol. The predicted molar refractivity (Wildman–Crippen MR) is 174 cm³/mol. The summed E-state index contributed by atoms with van der Waals surface area (Å²) < 4.78 is 0. The van der Waals surface area contributed by atoms with Crippen LogP contribution >= 0.6 is 0 Å². The summed E-state index contributed by atoms with van der Waals surface area (Å²) >= 11 is 0. The van der Waals surface area contributed by atoms with E-state index >= 15 is 0 Å². The van der Waals surface area contributed by atoms with Crippen molar-refractivity contribution >= 4 is 17.1 Å². The molecule has 0 radical (unpaired) electrons. The summed E-state index contributed by atoms with van der Waals surface area (Å²) in [6, 6.07) is 21.5. The summed E-state index contributed by atoms with van der Waals surface area (Å²) in [5, 5.41) is 15.3. The fourth-order valence-corrected chi connectivity index (χ4v) is 8.37. The molecule has 0 aromatic heterocycles. The number of carboxylic acid groups (broad SMARTS) is 2. The van der Waals surface area contributed by atoms with Gasteiger partial charge < -0.3 is 15.0 Å². The van der Waals surface area contributed by atoms with E-state index < -0.39 is 6.16 Å². The minimum atomic E-state index is -2.08. The smallest absolute Gasteiger partial charge is 0.249 e. The van der Waals surface area contributed by atoms with Crippen LogP contribution in [0.2, 0.25) is 0 Å². The van der Waals surface area contributed by atoms with Crippen molar-refractivity contribution in [2.24, 2.45) is 0 Å². The van der Waals surface area contributed by atoms with E-state index in [0.717, 1.165) is 0 Å². The van der Waals surface area contributed by atoms with Gasteiger partial charge in [-0.05, 0) is 58.8 Å². The zero-order valence-corrected chi connectivity index (χ0v) is 28.1. The Kier molecular flexibility index (Phi) is 12.6. The molecule has 41 heavy (non-hydrogen) atoms. The molecule has 224 valence electrons. The van der Waals surface area contributed by atoms with Gasteiger partial charge in [-0.3, -0.25) is 0 Å². The molecule has 0 aliphatic carbocycles. The van der Waals surface area contributed by atoms with Gasteiger partial charge >= 0.3 is 0 Å². The van der Waals surface area contributed by atoms with Crippen molar-refractivity contribution in [1.82, 2.24) is 0 Å². The topological polar surface area (TPSA) is 60.4 Å². The van der Waals surface area contributed by atoms with Crippen molar-refractivity contribution in [2.45, 2.75) is 133 Å². The van der Waals surface area contributed by atoms with Crippen LogP contribution in [0.5, 0.6) is 0 Å². The number of rotatable bonds is 9. The summed E-state index contributed by atoms with van der Waals surface area (Å²) in [7, 11) is -0.186. The standard InChI is InChI=1S/C36H51S.CH2O3/c1-22(2)28-18-31(24(5)6)35(32(19-28)25(7)8)37(30-16-14-13-15-17-30)36-33(26(9)10)20-29(23(3)4)21-34(36)27(11)12;2-1(3)4/h13-27H,1-12H3;(H2,2,3,4)/q+1;/p-1. The Morgan fingerprint density at radius 3 is 1.05 bits per heavy atom. The lowest BCUT2D eigenvalue weighted by molar-refractivity contribution is -0.275. The minimum absolute atomic E-state index is 0.186. The van der Waals surface area contributed by atoms with Gasteiger partial charge in [-0.25, -0.2) is 0 Å². The summed E-state index contributed by atoms with van der Waals surface area (Å²) in [6.45, 7) is 28.4. The van der Waals surface area contributed by atoms with Crippen LogP contribution < -0.4 is 5.11 Å². The maximum atomic E-state index is 8.44. The molecule has 0 bridgehead atoms. The van der Waals surface area contributed by atoms with Gasteiger partial charge in [0.25, 0.3) is 0 Å². The first kappa shape index (κ1) is 34.5. The third-order valence-corrected chi connectivity index (χ3v) is 10.0. The van der Waals surface area contributed by atoms with Crippen molar-refractivity contribution in [3.63, 3.8) is 0 Å². The highest BCUT2D eigenvalue weighted by Gasteiger charge is 2.40. The summed E-state index contributed by atoms with van der Waals surface area (Å²) in [6.07, 6.45) is -2.08. The van der Waals surface area contributed by atoms with E-state index in [1.54, 1.807) is 9.79 Å². The molecule has 0 amide bonds. The van der Waals surface area contributed by atoms with Crippen molar-refractivity contribution in [3.8, 4) is 0 Å². The van der Waals surface area contributed by atoms with Gasteiger partial charge in [-0.15, -0.1) is 0 Å². The summed E-state index contributed by atoms with van der Waals surface area (Å²) in [5.74, 6) is 2.89. The quantitative estimate of drug-likeness (QED) is 0.258. The van der Waals surface area contributed by atoms with E-state index in [1.807, 2.05) is 0 Å². The molecule has 3 rings (SSSR count). The Balaban J connectivity index is 0.00000138. The molecule has 0 spiro atoms. The van der Waals surface area contributed by atoms with Crippen molar-refractivity contribution in [1.29, 1.82) is 0 Å². The van der Waals surface area contributed by atoms with Crippen LogP contribution in [0.1, 0.15) is 152 Å². The van der Waals surface area contributed by atoms with Gasteiger partial charge in [0, 0.05) is 22.3 Å². The first-order valence-electron chi connectivity index (χ1n) is 15.1. The summed E-state index contributed by atoms with van der Waals surface area (Å²) in [5.41, 5.74) is 9.05. The van der Waals surface area contributed by atoms with Gasteiger partial charge in [0.1, 0.15) is 10.9 Å². The molecule has 0 heterocycles. The van der Waals surface area contributed by atoms with Crippen molar-refractivity contribution in [2.75, 3.05) is 0 Å². The van der Waals surface area contributed by atoms with E-state index in [2.05, 4.69) is 138 Å². The van der Waals surface area contributed by atoms with Gasteiger partial charge in [0.15, 0.2) is 14.7 Å². The number of benzene rings is 3. The molecule has 3 nitrogen and oxygen atoms in total. The van der Waals surface area contributed by atoms with E-state index in [-0.39, 0.29) is 10.9 Å². The highest BCUT2D eigenvalue weighted by molar-refractivity contribution is 7.97. The highest BCUT2D eigenvalue weighted by atomic mass is 32.2. The largest absolute Gasteiger partial charge is 0.565 e. The molecule has 0 aliphatic rings. The van der Waals surface area contributed by atoms with Crippen LogP contribution in [-0.4, -0.2) is 11.3 Å². The number of carbonyl (C=O) groups is 1. The van der Waals surface area contributed by atoms with Gasteiger partial charge in [0.05, 0.1) is 0 Å². The second-order valence-electron chi connectivity index (χ2n) is 12.9. The van der Waals surface area contributed by atoms with E-state index in [9.17, 15) is 0 Å². The van der Waals surface area contributed by atoms with Crippen molar-refractivity contribution in [3.05, 3.63) is 88.0 Å². The first-order valence-corrected chi connectivity index (χ1v) is 16.3. The predicted octanol–water partition coefficient (Wildman–Crippen LogP) is 10.4. The van der Waals surface area contributed by atoms with Crippen LogP contribution in [0, 0.1) is 0 Å². The highest BCUT2D eigenvalue weighted by Crippen LogP contribution is 2.47. The Morgan fingerprint density at radius 1 is 0.561 bits per heavy atom. The third-order valence-electron chi connectivity index (χ3n) is 7.55. The molecule has 3 aromatic carbocycles. The molecule has 3 aromatic rings. The monoisotopic (exact) mass is 576 g/mol. The second-order valence-corrected chi connectivity index (χ2v) is 14.8. The zero-order chi connectivity index (χ0) is 31.2. The maximum Gasteiger partial charge on any atom is 0.249 e. The Labute approximate surface area is 252 Å². The van der Waals surface area contributed by atoms with Crippen LogP contribution in [0.15, 0.2) is 69.3 Å². The lowest BCUT2D eigenvalue weighted by Crippen LogP contribution is -2.18. The molecule has 0 fully saturated rings. The normalized spacial score (nSPS) is 11.8. The zero-order valence-electron chi connectivity index (χ0n) is 27.3. The fraction of sp³-hybridized carbons (Fsp3) is 0.486. The number of hydrogen-bond donors (Lipinski definition) is 1. The molecule has 4 heteroatoms. The van der Waals surface area contributed by atoms with Crippen LogP contribution in [0.25, 0.3) is 0 Å². The fourth-order valence-electron chi connectivity index (χ4n) is 5.14. The van der Waals surface area contributed by atoms with Crippen LogP contribution in [-0.2, 0) is 10.9 Å². The molecule has 1 N–H and O–H groups in total. The van der Waals surface area contributed by atoms with E-state index in [1.165, 1.54) is 38.3 Å². The molecule has 0 aliphatic heterocycles. The van der Waals surface area contributed by atoms with Crippen molar-refractivity contribution < 1.29 is 15.0 Å². The SMILES string of the molecule is CC(C)c1cc(C(C)C)c([S+](c2ccccc2)c2c(C(C)C)cc(C(C)C)cc2C(C)C)c(C(C)C)c1.O=C([O-])O. The Bertz CT molecular complexity index is 1150. The average molecular weight is 577 g/mol. The van der Waals surface area contributed by atoms with Gasteiger partial charge in [-0.1, -0.05) is 126 Å². The average Bonchev–Trinajstić information content (AvgIpc) is 2.88. The van der Waals surface area contributed by atoms with Gasteiger partial charge in [0.2, 0.25) is 6.16 Å². The molecule has 0 atom stereocenters. The Hall–Kier alpha value is -2.72. The van der Waals surface area contributed by atoms with E-state index in [0.29, 0.717) is 35.5 Å².